The Labute approximate surface area is 119 Å². The van der Waals surface area contributed by atoms with Crippen LogP contribution in [0.4, 0.5) is 0 Å². The van der Waals surface area contributed by atoms with E-state index in [2.05, 4.69) is 6.07 Å². The second kappa shape index (κ2) is 7.39. The SMILES string of the molecule is CCN(CC(C)C#N)C(=O)c1c(OC)cccc1OC. The predicted molar refractivity (Wildman–Crippen MR) is 75.9 cm³/mol. The van der Waals surface area contributed by atoms with Crippen LogP contribution >= 0.6 is 0 Å². The quantitative estimate of drug-likeness (QED) is 0.800. The lowest BCUT2D eigenvalue weighted by Gasteiger charge is -2.24. The van der Waals surface area contributed by atoms with Crippen molar-refractivity contribution in [3.63, 3.8) is 0 Å². The summed E-state index contributed by atoms with van der Waals surface area (Å²) in [4.78, 5) is 14.3. The van der Waals surface area contributed by atoms with Crippen LogP contribution in [-0.4, -0.2) is 38.1 Å². The molecule has 1 aromatic rings. The first-order chi connectivity index (χ1) is 9.58. The first-order valence-electron chi connectivity index (χ1n) is 6.48. The molecule has 0 saturated carbocycles. The molecule has 0 heterocycles. The molecule has 5 heteroatoms. The van der Waals surface area contributed by atoms with Crippen molar-refractivity contribution in [1.82, 2.24) is 4.90 Å². The molecule has 1 unspecified atom stereocenters. The maximum Gasteiger partial charge on any atom is 0.261 e. The van der Waals surface area contributed by atoms with Crippen molar-refractivity contribution in [2.45, 2.75) is 13.8 Å². The minimum atomic E-state index is -0.223. The van der Waals surface area contributed by atoms with Gasteiger partial charge in [-0.25, -0.2) is 0 Å². The van der Waals surface area contributed by atoms with Crippen LogP contribution in [-0.2, 0) is 0 Å². The van der Waals surface area contributed by atoms with Crippen LogP contribution in [0, 0.1) is 17.2 Å². The Morgan fingerprint density at radius 1 is 1.35 bits per heavy atom. The van der Waals surface area contributed by atoms with E-state index >= 15 is 0 Å². The Morgan fingerprint density at radius 3 is 2.30 bits per heavy atom. The molecule has 0 aliphatic rings. The van der Waals surface area contributed by atoms with Crippen molar-refractivity contribution in [2.75, 3.05) is 27.3 Å². The topological polar surface area (TPSA) is 62.6 Å². The van der Waals surface area contributed by atoms with Crippen LogP contribution in [0.5, 0.6) is 11.5 Å². The zero-order valence-corrected chi connectivity index (χ0v) is 12.3. The highest BCUT2D eigenvalue weighted by atomic mass is 16.5. The molecule has 1 rings (SSSR count). The summed E-state index contributed by atoms with van der Waals surface area (Å²) >= 11 is 0. The maximum atomic E-state index is 12.6. The van der Waals surface area contributed by atoms with Crippen LogP contribution in [0.1, 0.15) is 24.2 Å². The molecule has 5 nitrogen and oxygen atoms in total. The molecule has 0 fully saturated rings. The van der Waals surface area contributed by atoms with Crippen LogP contribution in [0.15, 0.2) is 18.2 Å². The molecule has 0 spiro atoms. The number of carbonyl (C=O) groups is 1. The molecule has 1 amide bonds. The standard InChI is InChI=1S/C15H20N2O3/c1-5-17(10-11(2)9-16)15(18)14-12(19-3)7-6-8-13(14)20-4/h6-8,11H,5,10H2,1-4H3. The minimum absolute atomic E-state index is 0.191. The third kappa shape index (κ3) is 3.41. The fourth-order valence-corrected chi connectivity index (χ4v) is 1.95. The first kappa shape index (κ1) is 15.8. The average molecular weight is 276 g/mol. The third-order valence-electron chi connectivity index (χ3n) is 3.03. The summed E-state index contributed by atoms with van der Waals surface area (Å²) in [5.74, 6) is 0.526. The highest BCUT2D eigenvalue weighted by molar-refractivity contribution is 5.99. The fourth-order valence-electron chi connectivity index (χ4n) is 1.95. The van der Waals surface area contributed by atoms with Crippen LogP contribution < -0.4 is 9.47 Å². The van der Waals surface area contributed by atoms with Crippen molar-refractivity contribution < 1.29 is 14.3 Å². The van der Waals surface area contributed by atoms with Crippen molar-refractivity contribution in [1.29, 1.82) is 5.26 Å². The summed E-state index contributed by atoms with van der Waals surface area (Å²) in [6, 6.07) is 7.34. The molecule has 0 saturated heterocycles. The van der Waals surface area contributed by atoms with Crippen LogP contribution in [0.3, 0.4) is 0 Å². The number of amides is 1. The predicted octanol–water partition coefficient (Wildman–Crippen LogP) is 2.33. The second-order valence-electron chi connectivity index (χ2n) is 4.41. The van der Waals surface area contributed by atoms with Gasteiger partial charge in [-0.3, -0.25) is 4.79 Å². The summed E-state index contributed by atoms with van der Waals surface area (Å²) < 4.78 is 10.5. The molecular formula is C15H20N2O3. The Balaban J connectivity index is 3.15. The number of ether oxygens (including phenoxy) is 2. The molecule has 108 valence electrons. The Bertz CT molecular complexity index is 486. The molecule has 0 aliphatic carbocycles. The molecule has 1 aromatic carbocycles. The largest absolute Gasteiger partial charge is 0.496 e. The van der Waals surface area contributed by atoms with E-state index in [1.165, 1.54) is 14.2 Å². The Hall–Kier alpha value is -2.22. The second-order valence-corrected chi connectivity index (χ2v) is 4.41. The molecule has 0 aliphatic heterocycles. The number of hydrogen-bond donors (Lipinski definition) is 0. The number of nitrogens with zero attached hydrogens (tertiary/aromatic N) is 2. The molecule has 0 N–H and O–H groups in total. The summed E-state index contributed by atoms with van der Waals surface area (Å²) in [5, 5.41) is 8.90. The number of nitriles is 1. The van der Waals surface area contributed by atoms with Gasteiger partial charge < -0.3 is 14.4 Å². The van der Waals surface area contributed by atoms with Crippen LogP contribution in [0.25, 0.3) is 0 Å². The van der Waals surface area contributed by atoms with E-state index in [9.17, 15) is 4.79 Å². The van der Waals surface area contributed by atoms with Crippen molar-refractivity contribution in [3.05, 3.63) is 23.8 Å². The van der Waals surface area contributed by atoms with E-state index in [-0.39, 0.29) is 11.8 Å². The smallest absolute Gasteiger partial charge is 0.261 e. The Morgan fingerprint density at radius 2 is 1.90 bits per heavy atom. The van der Waals surface area contributed by atoms with E-state index in [0.29, 0.717) is 30.2 Å². The first-order valence-corrected chi connectivity index (χ1v) is 6.48. The number of hydrogen-bond acceptors (Lipinski definition) is 4. The third-order valence-corrected chi connectivity index (χ3v) is 3.03. The highest BCUT2D eigenvalue weighted by Gasteiger charge is 2.23. The van der Waals surface area contributed by atoms with Gasteiger partial charge in [-0.15, -0.1) is 0 Å². The lowest BCUT2D eigenvalue weighted by molar-refractivity contribution is 0.0745. The van der Waals surface area contributed by atoms with Gasteiger partial charge in [-0.2, -0.15) is 5.26 Å². The number of methoxy groups -OCH3 is 2. The average Bonchev–Trinajstić information content (AvgIpc) is 2.50. The summed E-state index contributed by atoms with van der Waals surface area (Å²) in [6.45, 7) is 4.57. The van der Waals surface area contributed by atoms with Gasteiger partial charge in [0.1, 0.15) is 17.1 Å². The number of rotatable bonds is 6. The van der Waals surface area contributed by atoms with Crippen molar-refractivity contribution in [2.24, 2.45) is 5.92 Å². The molecule has 1 atom stereocenters. The fraction of sp³-hybridized carbons (Fsp3) is 0.467. The molecule has 0 aromatic heterocycles. The van der Waals surface area contributed by atoms with Gasteiger partial charge in [0.2, 0.25) is 0 Å². The summed E-state index contributed by atoms with van der Waals surface area (Å²) in [7, 11) is 3.03. The minimum Gasteiger partial charge on any atom is -0.496 e. The van der Waals surface area contributed by atoms with Gasteiger partial charge in [0, 0.05) is 13.1 Å². The van der Waals surface area contributed by atoms with Gasteiger partial charge in [-0.1, -0.05) is 6.07 Å². The van der Waals surface area contributed by atoms with E-state index < -0.39 is 0 Å². The molecule has 0 bridgehead atoms. The monoisotopic (exact) mass is 276 g/mol. The summed E-state index contributed by atoms with van der Waals surface area (Å²) in [6.07, 6.45) is 0. The van der Waals surface area contributed by atoms with E-state index in [1.807, 2.05) is 6.92 Å². The maximum absolute atomic E-state index is 12.6. The van der Waals surface area contributed by atoms with Gasteiger partial charge in [-0.05, 0) is 26.0 Å². The van der Waals surface area contributed by atoms with Gasteiger partial charge in [0.15, 0.2) is 0 Å². The van der Waals surface area contributed by atoms with Crippen molar-refractivity contribution in [3.8, 4) is 17.6 Å². The van der Waals surface area contributed by atoms with Crippen LogP contribution in [0.2, 0.25) is 0 Å². The lowest BCUT2D eigenvalue weighted by atomic mass is 10.1. The number of carbonyl (C=O) groups excluding carboxylic acids is 1. The zero-order valence-electron chi connectivity index (χ0n) is 12.3. The Kier molecular flexibility index (Phi) is 5.85. The van der Waals surface area contributed by atoms with Gasteiger partial charge >= 0.3 is 0 Å². The van der Waals surface area contributed by atoms with E-state index in [1.54, 1.807) is 30.0 Å². The highest BCUT2D eigenvalue weighted by Crippen LogP contribution is 2.29. The summed E-state index contributed by atoms with van der Waals surface area (Å²) in [5.41, 5.74) is 0.393. The molecule has 0 radical (unpaired) electrons. The molecular weight excluding hydrogens is 256 g/mol. The number of benzene rings is 1. The van der Waals surface area contributed by atoms with E-state index in [4.69, 9.17) is 14.7 Å². The van der Waals surface area contributed by atoms with Gasteiger partial charge in [0.25, 0.3) is 5.91 Å². The van der Waals surface area contributed by atoms with Gasteiger partial charge in [0.05, 0.1) is 26.2 Å². The van der Waals surface area contributed by atoms with E-state index in [0.717, 1.165) is 0 Å². The molecule has 20 heavy (non-hydrogen) atoms. The zero-order chi connectivity index (χ0) is 15.1. The van der Waals surface area contributed by atoms with Crippen molar-refractivity contribution >= 4 is 5.91 Å². The lowest BCUT2D eigenvalue weighted by Crippen LogP contribution is -2.34. The normalized spacial score (nSPS) is 11.3.